The minimum atomic E-state index is 0.0369. The second-order valence-electron chi connectivity index (χ2n) is 3.47. The molecule has 1 atom stereocenters. The predicted octanol–water partition coefficient (Wildman–Crippen LogP) is 1.04. The Morgan fingerprint density at radius 3 is 3.20 bits per heavy atom. The third-order valence-electron chi connectivity index (χ3n) is 2.46. The lowest BCUT2D eigenvalue weighted by molar-refractivity contribution is 0.0727. The van der Waals surface area contributed by atoms with Crippen LogP contribution in [0.5, 0.6) is 0 Å². The van der Waals surface area contributed by atoms with Gasteiger partial charge in [-0.1, -0.05) is 0 Å². The van der Waals surface area contributed by atoms with E-state index < -0.39 is 0 Å². The Balaban J connectivity index is 2.20. The predicted molar refractivity (Wildman–Crippen MR) is 61.0 cm³/mol. The van der Waals surface area contributed by atoms with Crippen molar-refractivity contribution in [1.82, 2.24) is 4.98 Å². The van der Waals surface area contributed by atoms with E-state index in [1.165, 1.54) is 0 Å². The molecule has 2 heterocycles. The Bertz CT molecular complexity index is 335. The summed E-state index contributed by atoms with van der Waals surface area (Å²) in [7, 11) is 0. The molecule has 82 valence electrons. The summed E-state index contributed by atoms with van der Waals surface area (Å²) in [5.41, 5.74) is 1.02. The maximum atomic E-state index is 9.24. The summed E-state index contributed by atoms with van der Waals surface area (Å²) in [6, 6.07) is 2.04. The molecule has 1 saturated heterocycles. The summed E-state index contributed by atoms with van der Waals surface area (Å²) < 4.78 is 6.27. The smallest absolute Gasteiger partial charge is 0.0756 e. The van der Waals surface area contributed by atoms with Crippen LogP contribution < -0.4 is 4.90 Å². The molecule has 0 radical (unpaired) electrons. The van der Waals surface area contributed by atoms with Crippen molar-refractivity contribution in [3.63, 3.8) is 0 Å². The molecule has 0 aliphatic carbocycles. The number of aromatic nitrogens is 1. The normalized spacial score (nSPS) is 21.7. The Labute approximate surface area is 97.0 Å². The maximum absolute atomic E-state index is 9.24. The number of aliphatic hydroxyl groups excluding tert-OH is 1. The molecule has 0 spiro atoms. The van der Waals surface area contributed by atoms with E-state index in [4.69, 9.17) is 4.74 Å². The van der Waals surface area contributed by atoms with Crippen LogP contribution in [0.2, 0.25) is 0 Å². The highest BCUT2D eigenvalue weighted by atomic mass is 79.9. The molecule has 0 amide bonds. The average Bonchev–Trinajstić information content (AvgIpc) is 2.29. The standard InChI is InChI=1S/C10H13BrN2O2/c11-8-3-9(5-12-4-8)13-1-2-15-7-10(13)6-14/h3-5,10,14H,1-2,6-7H2. The quantitative estimate of drug-likeness (QED) is 0.874. The number of hydrogen-bond donors (Lipinski definition) is 1. The summed E-state index contributed by atoms with van der Waals surface area (Å²) in [5, 5.41) is 9.24. The highest BCUT2D eigenvalue weighted by Crippen LogP contribution is 2.21. The molecule has 15 heavy (non-hydrogen) atoms. The SMILES string of the molecule is OCC1COCCN1c1cncc(Br)c1. The van der Waals surface area contributed by atoms with Gasteiger partial charge in [0.1, 0.15) is 0 Å². The molecule has 5 heteroatoms. The van der Waals surface area contributed by atoms with E-state index >= 15 is 0 Å². The Morgan fingerprint density at radius 1 is 1.60 bits per heavy atom. The maximum Gasteiger partial charge on any atom is 0.0756 e. The van der Waals surface area contributed by atoms with E-state index in [-0.39, 0.29) is 12.6 Å². The number of rotatable bonds is 2. The van der Waals surface area contributed by atoms with Crippen molar-refractivity contribution in [3.8, 4) is 0 Å². The summed E-state index contributed by atoms with van der Waals surface area (Å²) in [6.07, 6.45) is 3.55. The van der Waals surface area contributed by atoms with Crippen molar-refractivity contribution < 1.29 is 9.84 Å². The first-order chi connectivity index (χ1) is 7.31. The van der Waals surface area contributed by atoms with E-state index in [0.717, 1.165) is 16.7 Å². The van der Waals surface area contributed by atoms with Gasteiger partial charge >= 0.3 is 0 Å². The van der Waals surface area contributed by atoms with Crippen LogP contribution in [0.3, 0.4) is 0 Å². The van der Waals surface area contributed by atoms with Gasteiger partial charge in [0.05, 0.1) is 37.7 Å². The average molecular weight is 273 g/mol. The van der Waals surface area contributed by atoms with E-state index in [2.05, 4.69) is 25.8 Å². The van der Waals surface area contributed by atoms with Crippen molar-refractivity contribution in [2.45, 2.75) is 6.04 Å². The monoisotopic (exact) mass is 272 g/mol. The molecule has 2 rings (SSSR count). The molecule has 1 aliphatic rings. The van der Waals surface area contributed by atoms with E-state index in [9.17, 15) is 5.11 Å². The molecule has 4 nitrogen and oxygen atoms in total. The fraction of sp³-hybridized carbons (Fsp3) is 0.500. The van der Waals surface area contributed by atoms with Gasteiger partial charge in [0.15, 0.2) is 0 Å². The molecule has 0 bridgehead atoms. The van der Waals surface area contributed by atoms with E-state index in [1.807, 2.05) is 6.07 Å². The molecule has 1 N–H and O–H groups in total. The summed E-state index contributed by atoms with van der Waals surface area (Å²) in [5.74, 6) is 0. The van der Waals surface area contributed by atoms with Crippen molar-refractivity contribution in [2.24, 2.45) is 0 Å². The zero-order valence-corrected chi connectivity index (χ0v) is 9.85. The lowest BCUT2D eigenvalue weighted by atomic mass is 10.2. The van der Waals surface area contributed by atoms with Gasteiger partial charge in [-0.15, -0.1) is 0 Å². The van der Waals surface area contributed by atoms with Gasteiger partial charge in [0.25, 0.3) is 0 Å². The lowest BCUT2D eigenvalue weighted by Crippen LogP contribution is -2.47. The van der Waals surface area contributed by atoms with E-state index in [1.54, 1.807) is 12.4 Å². The molecule has 1 unspecified atom stereocenters. The van der Waals surface area contributed by atoms with Crippen LogP contribution in [0.25, 0.3) is 0 Å². The van der Waals surface area contributed by atoms with Crippen molar-refractivity contribution in [1.29, 1.82) is 0 Å². The van der Waals surface area contributed by atoms with Gasteiger partial charge < -0.3 is 14.7 Å². The van der Waals surface area contributed by atoms with Gasteiger partial charge in [0, 0.05) is 17.2 Å². The highest BCUT2D eigenvalue weighted by Gasteiger charge is 2.22. The lowest BCUT2D eigenvalue weighted by Gasteiger charge is -2.36. The van der Waals surface area contributed by atoms with Gasteiger partial charge in [0.2, 0.25) is 0 Å². The third-order valence-corrected chi connectivity index (χ3v) is 2.89. The summed E-state index contributed by atoms with van der Waals surface area (Å²) in [4.78, 5) is 6.24. The summed E-state index contributed by atoms with van der Waals surface area (Å²) >= 11 is 3.39. The van der Waals surface area contributed by atoms with Crippen molar-refractivity contribution in [2.75, 3.05) is 31.3 Å². The molecular formula is C10H13BrN2O2. The molecule has 1 aromatic heterocycles. The van der Waals surface area contributed by atoms with Gasteiger partial charge in [-0.2, -0.15) is 0 Å². The molecule has 0 saturated carbocycles. The van der Waals surface area contributed by atoms with Gasteiger partial charge in [-0.3, -0.25) is 4.98 Å². The van der Waals surface area contributed by atoms with Crippen LogP contribution >= 0.6 is 15.9 Å². The number of nitrogens with zero attached hydrogens (tertiary/aromatic N) is 2. The number of hydrogen-bond acceptors (Lipinski definition) is 4. The minimum absolute atomic E-state index is 0.0369. The number of ether oxygens (including phenoxy) is 1. The molecule has 1 aromatic rings. The van der Waals surface area contributed by atoms with Gasteiger partial charge in [-0.25, -0.2) is 0 Å². The Kier molecular flexibility index (Phi) is 3.56. The molecular weight excluding hydrogens is 260 g/mol. The second kappa shape index (κ2) is 4.92. The zero-order chi connectivity index (χ0) is 10.7. The first-order valence-corrected chi connectivity index (χ1v) is 5.66. The Hall–Kier alpha value is -0.650. The van der Waals surface area contributed by atoms with Crippen LogP contribution in [-0.4, -0.2) is 42.5 Å². The number of pyridine rings is 1. The first kappa shape index (κ1) is 10.9. The van der Waals surface area contributed by atoms with E-state index in [0.29, 0.717) is 13.2 Å². The molecule has 0 aromatic carbocycles. The molecule has 1 aliphatic heterocycles. The van der Waals surface area contributed by atoms with Crippen molar-refractivity contribution in [3.05, 3.63) is 22.9 Å². The van der Waals surface area contributed by atoms with Crippen molar-refractivity contribution >= 4 is 21.6 Å². The minimum Gasteiger partial charge on any atom is -0.394 e. The zero-order valence-electron chi connectivity index (χ0n) is 8.27. The number of halogens is 1. The molecule has 1 fully saturated rings. The number of anilines is 1. The van der Waals surface area contributed by atoms with Crippen LogP contribution in [0.15, 0.2) is 22.9 Å². The summed E-state index contributed by atoms with van der Waals surface area (Å²) in [6.45, 7) is 2.17. The fourth-order valence-electron chi connectivity index (χ4n) is 1.70. The van der Waals surface area contributed by atoms with Crippen LogP contribution in [0.1, 0.15) is 0 Å². The highest BCUT2D eigenvalue weighted by molar-refractivity contribution is 9.10. The van der Waals surface area contributed by atoms with Crippen LogP contribution in [0.4, 0.5) is 5.69 Å². The Morgan fingerprint density at radius 2 is 2.47 bits per heavy atom. The van der Waals surface area contributed by atoms with Crippen LogP contribution in [-0.2, 0) is 4.74 Å². The number of morpholine rings is 1. The second-order valence-corrected chi connectivity index (χ2v) is 4.38. The topological polar surface area (TPSA) is 45.6 Å². The third kappa shape index (κ3) is 2.48. The first-order valence-electron chi connectivity index (χ1n) is 4.87. The van der Waals surface area contributed by atoms with Crippen LogP contribution in [0, 0.1) is 0 Å². The largest absolute Gasteiger partial charge is 0.394 e. The fourth-order valence-corrected chi connectivity index (χ4v) is 2.06. The number of aliphatic hydroxyl groups is 1. The van der Waals surface area contributed by atoms with Gasteiger partial charge in [-0.05, 0) is 22.0 Å².